The number of hydrogen-bond donors (Lipinski definition) is 0. The lowest BCUT2D eigenvalue weighted by atomic mass is 9.78. The minimum absolute atomic E-state index is 0.0770. The second-order valence-electron chi connectivity index (χ2n) is 12.8. The molecule has 8 nitrogen and oxygen atoms in total. The molecule has 3 aromatic rings. The molecule has 2 saturated heterocycles. The number of nitrogens with zero attached hydrogens (tertiary/aromatic N) is 5. The number of hydrogen-bond acceptors (Lipinski definition) is 7. The zero-order valence-electron chi connectivity index (χ0n) is 24.9. The third kappa shape index (κ3) is 5.67. The van der Waals surface area contributed by atoms with Gasteiger partial charge in [0.1, 0.15) is 0 Å². The largest absolute Gasteiger partial charge is 0.412 e. The fourth-order valence-corrected chi connectivity index (χ4v) is 7.65. The Bertz CT molecular complexity index is 1230. The fourth-order valence-electron chi connectivity index (χ4n) is 6.27. The normalized spacial score (nSPS) is 25.4. The molecule has 0 amide bonds. The molecule has 4 atom stereocenters. The Hall–Kier alpha value is -2.43. The molecule has 216 valence electrons. The first-order valence-corrected chi connectivity index (χ1v) is 17.4. The standard InChI is InChI=1S/C31H45N5O3Si/c1-30(2,3)40(5,6)39-28-18-17-27-26(29-32-34-36(33-29)23-38-20-19-37-4)21-31(28,25-15-11-8-12-16-25)35(27)22-24-13-9-7-10-14-24/h7-16,26-28H,17-23H2,1-6H3. The van der Waals surface area contributed by atoms with Crippen molar-refractivity contribution >= 4 is 8.32 Å². The van der Waals surface area contributed by atoms with Crippen molar-refractivity contribution in [3.8, 4) is 0 Å². The summed E-state index contributed by atoms with van der Waals surface area (Å²) in [4.78, 5) is 4.28. The maximum atomic E-state index is 7.37. The number of benzene rings is 2. The van der Waals surface area contributed by atoms with E-state index in [1.54, 1.807) is 11.9 Å². The molecule has 2 aromatic carbocycles. The summed E-state index contributed by atoms with van der Waals surface area (Å²) in [5, 5.41) is 13.9. The van der Waals surface area contributed by atoms with Crippen LogP contribution in [0.25, 0.3) is 0 Å². The summed E-state index contributed by atoms with van der Waals surface area (Å²) in [5.41, 5.74) is 2.34. The predicted molar refractivity (Wildman–Crippen MR) is 158 cm³/mol. The monoisotopic (exact) mass is 563 g/mol. The summed E-state index contributed by atoms with van der Waals surface area (Å²) in [6.45, 7) is 13.9. The molecule has 0 saturated carbocycles. The van der Waals surface area contributed by atoms with Crippen molar-refractivity contribution in [1.82, 2.24) is 25.1 Å². The highest BCUT2D eigenvalue weighted by Gasteiger charge is 2.62. The van der Waals surface area contributed by atoms with Crippen LogP contribution in [0.3, 0.4) is 0 Å². The van der Waals surface area contributed by atoms with E-state index in [9.17, 15) is 0 Å². The highest BCUT2D eigenvalue weighted by molar-refractivity contribution is 6.74. The second kappa shape index (κ2) is 11.8. The van der Waals surface area contributed by atoms with E-state index in [1.807, 2.05) is 0 Å². The number of rotatable bonds is 11. The highest BCUT2D eigenvalue weighted by atomic mass is 28.4. The van der Waals surface area contributed by atoms with E-state index in [4.69, 9.17) is 19.0 Å². The van der Waals surface area contributed by atoms with Gasteiger partial charge in [0.2, 0.25) is 0 Å². The number of aromatic nitrogens is 4. The van der Waals surface area contributed by atoms with Crippen molar-refractivity contribution in [1.29, 1.82) is 0 Å². The Morgan fingerprint density at radius 1 is 0.975 bits per heavy atom. The Morgan fingerprint density at radius 3 is 2.35 bits per heavy atom. The minimum Gasteiger partial charge on any atom is -0.412 e. The van der Waals surface area contributed by atoms with Crippen molar-refractivity contribution in [2.75, 3.05) is 20.3 Å². The van der Waals surface area contributed by atoms with Gasteiger partial charge in [-0.25, -0.2) is 0 Å². The smallest absolute Gasteiger partial charge is 0.192 e. The predicted octanol–water partition coefficient (Wildman–Crippen LogP) is 5.73. The molecule has 3 heterocycles. The first-order chi connectivity index (χ1) is 19.2. The van der Waals surface area contributed by atoms with Gasteiger partial charge in [-0.15, -0.1) is 15.0 Å². The molecule has 0 spiro atoms. The van der Waals surface area contributed by atoms with E-state index in [2.05, 4.69) is 110 Å². The molecule has 4 unspecified atom stereocenters. The molecule has 0 radical (unpaired) electrons. The molecule has 1 aromatic heterocycles. The van der Waals surface area contributed by atoms with Crippen molar-refractivity contribution in [3.05, 3.63) is 77.6 Å². The second-order valence-corrected chi connectivity index (χ2v) is 17.5. The summed E-state index contributed by atoms with van der Waals surface area (Å²) in [6.07, 6.45) is 3.02. The lowest BCUT2D eigenvalue weighted by Crippen LogP contribution is -2.59. The zero-order valence-corrected chi connectivity index (χ0v) is 25.9. The molecule has 40 heavy (non-hydrogen) atoms. The van der Waals surface area contributed by atoms with Gasteiger partial charge < -0.3 is 13.9 Å². The quantitative estimate of drug-likeness (QED) is 0.218. The van der Waals surface area contributed by atoms with Crippen LogP contribution < -0.4 is 0 Å². The van der Waals surface area contributed by atoms with Gasteiger partial charge in [-0.2, -0.15) is 0 Å². The van der Waals surface area contributed by atoms with E-state index >= 15 is 0 Å². The van der Waals surface area contributed by atoms with E-state index in [0.717, 1.165) is 31.6 Å². The average Bonchev–Trinajstić information content (AvgIpc) is 3.48. The third-order valence-electron chi connectivity index (χ3n) is 9.32. The van der Waals surface area contributed by atoms with Crippen LogP contribution in [0.1, 0.15) is 62.9 Å². The Labute approximate surface area is 240 Å². The number of ether oxygens (including phenoxy) is 2. The van der Waals surface area contributed by atoms with Crippen LogP contribution in [0.15, 0.2) is 60.7 Å². The van der Waals surface area contributed by atoms with Gasteiger partial charge in [0.15, 0.2) is 20.9 Å². The van der Waals surface area contributed by atoms with Crippen LogP contribution in [-0.2, 0) is 32.7 Å². The summed E-state index contributed by atoms with van der Waals surface area (Å²) >= 11 is 0. The maximum absolute atomic E-state index is 7.37. The van der Waals surface area contributed by atoms with E-state index in [1.165, 1.54) is 11.1 Å². The van der Waals surface area contributed by atoms with Gasteiger partial charge in [0.05, 0.1) is 24.9 Å². The minimum atomic E-state index is -2.05. The third-order valence-corrected chi connectivity index (χ3v) is 13.8. The number of tetrazole rings is 1. The van der Waals surface area contributed by atoms with Gasteiger partial charge in [0.25, 0.3) is 0 Å². The Balaban J connectivity index is 1.55. The maximum Gasteiger partial charge on any atom is 0.192 e. The zero-order chi connectivity index (χ0) is 28.4. The molecule has 0 aliphatic carbocycles. The van der Waals surface area contributed by atoms with Gasteiger partial charge in [0, 0.05) is 25.6 Å². The van der Waals surface area contributed by atoms with Gasteiger partial charge in [-0.05, 0) is 53.7 Å². The molecular weight excluding hydrogens is 518 g/mol. The molecule has 2 aliphatic rings. The molecule has 2 fully saturated rings. The summed E-state index contributed by atoms with van der Waals surface area (Å²) in [7, 11) is -0.388. The summed E-state index contributed by atoms with van der Waals surface area (Å²) < 4.78 is 18.1. The molecule has 2 bridgehead atoms. The number of methoxy groups -OCH3 is 1. The van der Waals surface area contributed by atoms with Gasteiger partial charge >= 0.3 is 0 Å². The van der Waals surface area contributed by atoms with E-state index < -0.39 is 8.32 Å². The van der Waals surface area contributed by atoms with Crippen LogP contribution in [0.4, 0.5) is 0 Å². The van der Waals surface area contributed by atoms with Crippen molar-refractivity contribution in [3.63, 3.8) is 0 Å². The summed E-state index contributed by atoms with van der Waals surface area (Å²) in [6, 6.07) is 22.1. The van der Waals surface area contributed by atoms with Crippen LogP contribution in [0, 0.1) is 0 Å². The SMILES string of the molecule is COCCOCn1nnc(C2CC3(c4ccccc4)C(O[Si](C)(C)C(C)(C)C)CCC2N3Cc2ccccc2)n1. The van der Waals surface area contributed by atoms with Crippen LogP contribution >= 0.6 is 0 Å². The number of piperidine rings is 1. The molecule has 9 heteroatoms. The van der Waals surface area contributed by atoms with Crippen LogP contribution in [0.5, 0.6) is 0 Å². The van der Waals surface area contributed by atoms with Crippen molar-refractivity contribution in [2.24, 2.45) is 0 Å². The first kappa shape index (κ1) is 29.1. The van der Waals surface area contributed by atoms with Gasteiger partial charge in [-0.1, -0.05) is 81.4 Å². The Kier molecular flexibility index (Phi) is 8.59. The van der Waals surface area contributed by atoms with Crippen LogP contribution in [0.2, 0.25) is 18.1 Å². The summed E-state index contributed by atoms with van der Waals surface area (Å²) in [5.74, 6) is 0.939. The molecule has 0 N–H and O–H groups in total. The molecular formula is C31H45N5O3Si. The van der Waals surface area contributed by atoms with E-state index in [-0.39, 0.29) is 35.4 Å². The lowest BCUT2D eigenvalue weighted by molar-refractivity contribution is -0.0600. The first-order valence-electron chi connectivity index (χ1n) is 14.5. The molecule has 2 aliphatic heterocycles. The Morgan fingerprint density at radius 2 is 1.68 bits per heavy atom. The van der Waals surface area contributed by atoms with Gasteiger partial charge in [-0.3, -0.25) is 4.90 Å². The van der Waals surface area contributed by atoms with Crippen LogP contribution in [-0.4, -0.2) is 65.9 Å². The highest BCUT2D eigenvalue weighted by Crippen LogP contribution is 2.58. The fraction of sp³-hybridized carbons (Fsp3) is 0.581. The molecule has 5 rings (SSSR count). The topological polar surface area (TPSA) is 74.5 Å². The van der Waals surface area contributed by atoms with Crippen molar-refractivity contribution < 1.29 is 13.9 Å². The average molecular weight is 564 g/mol. The van der Waals surface area contributed by atoms with Crippen molar-refractivity contribution in [2.45, 2.75) is 95.0 Å². The number of fused-ring (bicyclic) bond motifs is 2. The lowest BCUT2D eigenvalue weighted by Gasteiger charge is -2.53. The van der Waals surface area contributed by atoms with E-state index in [0.29, 0.717) is 13.2 Å².